The summed E-state index contributed by atoms with van der Waals surface area (Å²) in [4.78, 5) is 32.1. The molecule has 0 fully saturated rings. The van der Waals surface area contributed by atoms with Gasteiger partial charge in [0.25, 0.3) is 0 Å². The zero-order valence-corrected chi connectivity index (χ0v) is 15.1. The van der Waals surface area contributed by atoms with Crippen LogP contribution >= 0.6 is 0 Å². The lowest BCUT2D eigenvalue weighted by Gasteiger charge is -2.09. The van der Waals surface area contributed by atoms with Crippen molar-refractivity contribution in [1.29, 1.82) is 0 Å². The minimum atomic E-state index is -0.705. The van der Waals surface area contributed by atoms with Gasteiger partial charge in [-0.3, -0.25) is 4.98 Å². The van der Waals surface area contributed by atoms with Crippen molar-refractivity contribution >= 4 is 18.0 Å². The van der Waals surface area contributed by atoms with E-state index in [2.05, 4.69) is 9.97 Å². The van der Waals surface area contributed by atoms with E-state index in [9.17, 15) is 14.7 Å². The Hall–Kier alpha value is -3.22. The highest BCUT2D eigenvalue weighted by atomic mass is 16.5. The van der Waals surface area contributed by atoms with E-state index in [0.717, 1.165) is 5.69 Å². The second kappa shape index (κ2) is 8.24. The molecule has 26 heavy (non-hydrogen) atoms. The fourth-order valence-corrected chi connectivity index (χ4v) is 2.14. The van der Waals surface area contributed by atoms with E-state index in [1.165, 1.54) is 24.3 Å². The molecule has 0 unspecified atom stereocenters. The summed E-state index contributed by atoms with van der Waals surface area (Å²) in [6.45, 7) is 7.21. The topological polar surface area (TPSA) is 98.6 Å². The largest absolute Gasteiger partial charge is 0.504 e. The monoisotopic (exact) mass is 356 g/mol. The van der Waals surface area contributed by atoms with Crippen molar-refractivity contribution in [3.8, 4) is 11.5 Å². The van der Waals surface area contributed by atoms with Gasteiger partial charge in [0.2, 0.25) is 0 Å². The maximum absolute atomic E-state index is 12.3. The molecule has 0 spiro atoms. The fraction of sp³-hybridized carbons (Fsp3) is 0.263. The van der Waals surface area contributed by atoms with E-state index in [0.29, 0.717) is 17.0 Å². The maximum Gasteiger partial charge on any atom is 0.364 e. The molecule has 0 aliphatic rings. The highest BCUT2D eigenvalue weighted by molar-refractivity contribution is 5.90. The molecular weight excluding hydrogens is 336 g/mol. The number of nitrogens with zero attached hydrogens (tertiary/aromatic N) is 2. The summed E-state index contributed by atoms with van der Waals surface area (Å²) in [5, 5.41) is 10.1. The van der Waals surface area contributed by atoms with Crippen molar-refractivity contribution < 1.29 is 24.2 Å². The molecular formula is C19H20N2O5. The summed E-state index contributed by atoms with van der Waals surface area (Å²) >= 11 is 0. The molecule has 0 saturated heterocycles. The van der Waals surface area contributed by atoms with Gasteiger partial charge in [-0.25, -0.2) is 14.6 Å². The zero-order valence-electron chi connectivity index (χ0n) is 15.1. The number of hydrogen-bond donors (Lipinski definition) is 1. The number of aromatic hydroxyl groups is 1. The molecule has 0 saturated carbocycles. The van der Waals surface area contributed by atoms with E-state index < -0.39 is 11.9 Å². The molecule has 7 nitrogen and oxygen atoms in total. The second-order valence-corrected chi connectivity index (χ2v) is 5.53. The summed E-state index contributed by atoms with van der Waals surface area (Å²) in [5.74, 6) is -1.43. The van der Waals surface area contributed by atoms with Crippen LogP contribution < -0.4 is 4.74 Å². The van der Waals surface area contributed by atoms with Crippen LogP contribution in [0.1, 0.15) is 40.1 Å². The molecule has 0 aliphatic carbocycles. The predicted molar refractivity (Wildman–Crippen MR) is 95.0 cm³/mol. The average Bonchev–Trinajstić information content (AvgIpc) is 2.58. The van der Waals surface area contributed by atoms with Gasteiger partial charge in [-0.2, -0.15) is 0 Å². The number of benzene rings is 1. The minimum Gasteiger partial charge on any atom is -0.504 e. The van der Waals surface area contributed by atoms with Crippen LogP contribution in [0.3, 0.4) is 0 Å². The molecule has 0 aliphatic heterocycles. The van der Waals surface area contributed by atoms with Gasteiger partial charge in [0, 0.05) is 6.08 Å². The van der Waals surface area contributed by atoms with E-state index >= 15 is 0 Å². The Bertz CT molecular complexity index is 874. The van der Waals surface area contributed by atoms with Crippen molar-refractivity contribution in [2.24, 2.45) is 0 Å². The highest BCUT2D eigenvalue weighted by Gasteiger charge is 2.18. The quantitative estimate of drug-likeness (QED) is 0.499. The first-order valence-electron chi connectivity index (χ1n) is 8.03. The molecule has 7 heteroatoms. The van der Waals surface area contributed by atoms with Crippen molar-refractivity contribution in [3.05, 3.63) is 52.6 Å². The normalized spacial score (nSPS) is 10.8. The van der Waals surface area contributed by atoms with Gasteiger partial charge in [-0.05, 0) is 51.5 Å². The smallest absolute Gasteiger partial charge is 0.364 e. The maximum atomic E-state index is 12.3. The standard InChI is InChI=1S/C19H20N2O5/c1-5-25-17(23)9-7-14-6-8-16(15(22)10-14)26-19(24)18-13(4)20-11(2)12(3)21-18/h6-10,22H,5H2,1-4H3/b9-7+. The Balaban J connectivity index is 2.16. The Morgan fingerprint density at radius 1 is 1.12 bits per heavy atom. The van der Waals surface area contributed by atoms with Gasteiger partial charge in [0.1, 0.15) is 0 Å². The molecule has 136 valence electrons. The lowest BCUT2D eigenvalue weighted by molar-refractivity contribution is -0.137. The number of phenols is 1. The molecule has 1 heterocycles. The number of carbonyl (C=O) groups is 2. The van der Waals surface area contributed by atoms with Gasteiger partial charge < -0.3 is 14.6 Å². The number of carbonyl (C=O) groups excluding carboxylic acids is 2. The lowest BCUT2D eigenvalue weighted by atomic mass is 10.2. The third-order valence-electron chi connectivity index (χ3n) is 3.56. The summed E-state index contributed by atoms with van der Waals surface area (Å²) in [7, 11) is 0. The number of rotatable bonds is 5. The first kappa shape index (κ1) is 19.1. The molecule has 1 aromatic carbocycles. The van der Waals surface area contributed by atoms with E-state index in [1.807, 2.05) is 0 Å². The fourth-order valence-electron chi connectivity index (χ4n) is 2.14. The Morgan fingerprint density at radius 2 is 1.81 bits per heavy atom. The first-order valence-corrected chi connectivity index (χ1v) is 8.03. The van der Waals surface area contributed by atoms with Crippen molar-refractivity contribution in [1.82, 2.24) is 9.97 Å². The van der Waals surface area contributed by atoms with Crippen LogP contribution in [-0.4, -0.2) is 33.6 Å². The molecule has 0 amide bonds. The van der Waals surface area contributed by atoms with Gasteiger partial charge in [-0.1, -0.05) is 6.07 Å². The van der Waals surface area contributed by atoms with E-state index in [1.54, 1.807) is 33.8 Å². The molecule has 1 aromatic heterocycles. The highest BCUT2D eigenvalue weighted by Crippen LogP contribution is 2.28. The van der Waals surface area contributed by atoms with Gasteiger partial charge >= 0.3 is 11.9 Å². The Labute approximate surface area is 151 Å². The SMILES string of the molecule is CCOC(=O)/C=C/c1ccc(OC(=O)c2nc(C)c(C)nc2C)c(O)c1. The lowest BCUT2D eigenvalue weighted by Crippen LogP contribution is -2.15. The average molecular weight is 356 g/mol. The van der Waals surface area contributed by atoms with Crippen molar-refractivity contribution in [2.45, 2.75) is 27.7 Å². The molecule has 0 radical (unpaired) electrons. The number of aromatic nitrogens is 2. The number of esters is 2. The van der Waals surface area contributed by atoms with Crippen molar-refractivity contribution in [2.75, 3.05) is 6.61 Å². The summed E-state index contributed by atoms with van der Waals surface area (Å²) < 4.78 is 10.00. The van der Waals surface area contributed by atoms with Crippen LogP contribution in [0.4, 0.5) is 0 Å². The number of ether oxygens (including phenoxy) is 2. The first-order chi connectivity index (χ1) is 12.3. The van der Waals surface area contributed by atoms with Crippen LogP contribution in [0.15, 0.2) is 24.3 Å². The Kier molecular flexibility index (Phi) is 6.06. The Morgan fingerprint density at radius 3 is 2.46 bits per heavy atom. The zero-order chi connectivity index (χ0) is 19.3. The van der Waals surface area contributed by atoms with Crippen LogP contribution in [0.25, 0.3) is 6.08 Å². The van der Waals surface area contributed by atoms with Crippen LogP contribution in [0.5, 0.6) is 11.5 Å². The van der Waals surface area contributed by atoms with Gasteiger partial charge in [-0.15, -0.1) is 0 Å². The molecule has 0 atom stereocenters. The third-order valence-corrected chi connectivity index (χ3v) is 3.56. The second-order valence-electron chi connectivity index (χ2n) is 5.53. The number of phenolic OH excluding ortho intramolecular Hbond substituents is 1. The molecule has 2 rings (SSSR count). The van der Waals surface area contributed by atoms with E-state index in [-0.39, 0.29) is 23.8 Å². The van der Waals surface area contributed by atoms with Crippen LogP contribution in [-0.2, 0) is 9.53 Å². The predicted octanol–water partition coefficient (Wildman–Crippen LogP) is 2.90. The van der Waals surface area contributed by atoms with Crippen molar-refractivity contribution in [3.63, 3.8) is 0 Å². The summed E-state index contributed by atoms with van der Waals surface area (Å²) in [6, 6.07) is 4.40. The molecule has 0 bridgehead atoms. The molecule has 2 aromatic rings. The summed E-state index contributed by atoms with van der Waals surface area (Å²) in [6.07, 6.45) is 2.74. The van der Waals surface area contributed by atoms with Gasteiger partial charge in [0.15, 0.2) is 17.2 Å². The van der Waals surface area contributed by atoms with Crippen LogP contribution in [0.2, 0.25) is 0 Å². The third kappa shape index (κ3) is 4.66. The van der Waals surface area contributed by atoms with Crippen LogP contribution in [0, 0.1) is 20.8 Å². The van der Waals surface area contributed by atoms with Gasteiger partial charge in [0.05, 0.1) is 23.7 Å². The number of aryl methyl sites for hydroxylation is 3. The number of hydrogen-bond acceptors (Lipinski definition) is 7. The van der Waals surface area contributed by atoms with E-state index in [4.69, 9.17) is 9.47 Å². The molecule has 1 N–H and O–H groups in total. The minimum absolute atomic E-state index is 0.0114. The summed E-state index contributed by atoms with van der Waals surface area (Å²) in [5.41, 5.74) is 2.47.